The third-order valence-electron chi connectivity index (χ3n) is 3.93. The molecule has 1 aromatic rings. The molecule has 0 spiro atoms. The predicted molar refractivity (Wildman–Crippen MR) is 101 cm³/mol. The molecular formula is C17H25Cl2F3N2O2. The summed E-state index contributed by atoms with van der Waals surface area (Å²) in [6.07, 6.45) is -4.07. The first-order valence-electron chi connectivity index (χ1n) is 7.83. The van der Waals surface area contributed by atoms with Crippen molar-refractivity contribution in [1.29, 1.82) is 0 Å². The van der Waals surface area contributed by atoms with E-state index in [-0.39, 0.29) is 36.6 Å². The van der Waals surface area contributed by atoms with Crippen LogP contribution in [0.15, 0.2) is 30.4 Å². The van der Waals surface area contributed by atoms with Gasteiger partial charge >= 0.3 is 6.36 Å². The maximum absolute atomic E-state index is 12.5. The second-order valence-corrected chi connectivity index (χ2v) is 5.91. The minimum absolute atomic E-state index is 0. The van der Waals surface area contributed by atoms with Crippen molar-refractivity contribution in [2.24, 2.45) is 0 Å². The van der Waals surface area contributed by atoms with E-state index >= 15 is 0 Å². The first-order chi connectivity index (χ1) is 11.3. The zero-order chi connectivity index (χ0) is 17.7. The molecule has 1 heterocycles. The number of nitrogens with one attached hydrogen (secondary N) is 1. The first kappa shape index (κ1) is 24.8. The van der Waals surface area contributed by atoms with Crippen LogP contribution in [0.3, 0.4) is 0 Å². The summed E-state index contributed by atoms with van der Waals surface area (Å²) in [4.78, 5) is 2.24. The number of benzene rings is 1. The van der Waals surface area contributed by atoms with Crippen LogP contribution in [-0.2, 0) is 0 Å². The number of alkyl halides is 3. The molecule has 1 aromatic carbocycles. The van der Waals surface area contributed by atoms with Gasteiger partial charge in [0.1, 0.15) is 11.5 Å². The van der Waals surface area contributed by atoms with Crippen molar-refractivity contribution < 1.29 is 22.6 Å². The molecule has 0 bridgehead atoms. The fourth-order valence-electron chi connectivity index (χ4n) is 2.93. The lowest BCUT2D eigenvalue weighted by Gasteiger charge is -2.36. The molecule has 1 saturated heterocycles. The lowest BCUT2D eigenvalue weighted by Crippen LogP contribution is -2.45. The van der Waals surface area contributed by atoms with Gasteiger partial charge in [0, 0.05) is 37.8 Å². The molecule has 0 aromatic heterocycles. The van der Waals surface area contributed by atoms with Crippen LogP contribution in [0.4, 0.5) is 13.2 Å². The highest BCUT2D eigenvalue weighted by molar-refractivity contribution is 5.85. The first-order valence-corrected chi connectivity index (χ1v) is 7.83. The maximum atomic E-state index is 12.5. The second-order valence-electron chi connectivity index (χ2n) is 5.91. The van der Waals surface area contributed by atoms with Crippen LogP contribution in [0, 0.1) is 0 Å². The number of methoxy groups -OCH3 is 1. The van der Waals surface area contributed by atoms with E-state index in [0.29, 0.717) is 17.7 Å². The largest absolute Gasteiger partial charge is 0.573 e. The Morgan fingerprint density at radius 3 is 2.38 bits per heavy atom. The summed E-state index contributed by atoms with van der Waals surface area (Å²) < 4.78 is 47.1. The van der Waals surface area contributed by atoms with Crippen molar-refractivity contribution in [3.05, 3.63) is 35.9 Å². The molecule has 150 valence electrons. The highest BCUT2D eigenvalue weighted by Gasteiger charge is 2.32. The van der Waals surface area contributed by atoms with Gasteiger partial charge in [-0.25, -0.2) is 0 Å². The minimum atomic E-state index is -4.72. The van der Waals surface area contributed by atoms with Crippen LogP contribution >= 0.6 is 24.8 Å². The fourth-order valence-corrected chi connectivity index (χ4v) is 2.93. The van der Waals surface area contributed by atoms with Crippen LogP contribution in [0.1, 0.15) is 24.9 Å². The molecule has 0 unspecified atom stereocenters. The van der Waals surface area contributed by atoms with Gasteiger partial charge in [0.05, 0.1) is 7.11 Å². The SMILES string of the molecule is C=C(C)C[C@@H](c1cc(OC(F)(F)F)ccc1OC)N1CCNCC1.Cl.Cl. The van der Waals surface area contributed by atoms with Gasteiger partial charge < -0.3 is 14.8 Å². The summed E-state index contributed by atoms with van der Waals surface area (Å²) in [5.41, 5.74) is 1.65. The van der Waals surface area contributed by atoms with Crippen molar-refractivity contribution in [2.45, 2.75) is 25.7 Å². The molecule has 26 heavy (non-hydrogen) atoms. The van der Waals surface area contributed by atoms with Gasteiger partial charge in [0.15, 0.2) is 0 Å². The quantitative estimate of drug-likeness (QED) is 0.698. The van der Waals surface area contributed by atoms with Crippen molar-refractivity contribution in [3.8, 4) is 11.5 Å². The zero-order valence-electron chi connectivity index (χ0n) is 14.8. The molecule has 0 amide bonds. The van der Waals surface area contributed by atoms with E-state index in [1.165, 1.54) is 25.3 Å². The van der Waals surface area contributed by atoms with Gasteiger partial charge in [-0.1, -0.05) is 5.57 Å². The number of nitrogens with zero attached hydrogens (tertiary/aromatic N) is 1. The molecule has 9 heteroatoms. The third-order valence-corrected chi connectivity index (χ3v) is 3.93. The summed E-state index contributed by atoms with van der Waals surface area (Å²) in [7, 11) is 1.51. The van der Waals surface area contributed by atoms with E-state index in [1.54, 1.807) is 0 Å². The number of rotatable bonds is 6. The minimum Gasteiger partial charge on any atom is -0.496 e. The standard InChI is InChI=1S/C17H23F3N2O2.2ClH/c1-12(2)10-15(22-8-6-21-7-9-22)14-11-13(24-17(18,19)20)4-5-16(14)23-3;;/h4-5,11,15,21H,1,6-10H2,2-3H3;2*1H/t15-;;/m0../s1. The third kappa shape index (κ3) is 7.23. The summed E-state index contributed by atoms with van der Waals surface area (Å²) >= 11 is 0. The highest BCUT2D eigenvalue weighted by atomic mass is 35.5. The second kappa shape index (κ2) is 10.9. The summed E-state index contributed by atoms with van der Waals surface area (Å²) in [5.74, 6) is 0.314. The Labute approximate surface area is 164 Å². The zero-order valence-corrected chi connectivity index (χ0v) is 16.4. The average molecular weight is 417 g/mol. The van der Waals surface area contributed by atoms with E-state index in [0.717, 1.165) is 31.8 Å². The molecule has 2 rings (SSSR count). The molecule has 4 nitrogen and oxygen atoms in total. The van der Waals surface area contributed by atoms with Gasteiger partial charge in [0.25, 0.3) is 0 Å². The number of hydrogen-bond donors (Lipinski definition) is 1. The predicted octanol–water partition coefficient (Wildman–Crippen LogP) is 4.35. The Bertz CT molecular complexity index is 580. The summed E-state index contributed by atoms with van der Waals surface area (Å²) in [6.45, 7) is 9.18. The molecular weight excluding hydrogens is 392 g/mol. The lowest BCUT2D eigenvalue weighted by molar-refractivity contribution is -0.274. The smallest absolute Gasteiger partial charge is 0.496 e. The molecule has 0 radical (unpaired) electrons. The molecule has 0 saturated carbocycles. The van der Waals surface area contributed by atoms with Crippen LogP contribution in [0.5, 0.6) is 11.5 Å². The molecule has 1 aliphatic rings. The van der Waals surface area contributed by atoms with Gasteiger partial charge in [0.2, 0.25) is 0 Å². The average Bonchev–Trinajstić information content (AvgIpc) is 2.52. The Hall–Kier alpha value is -1.15. The lowest BCUT2D eigenvalue weighted by atomic mass is 9.96. The van der Waals surface area contributed by atoms with Crippen molar-refractivity contribution in [2.75, 3.05) is 33.3 Å². The number of hydrogen-bond acceptors (Lipinski definition) is 4. The molecule has 1 aliphatic heterocycles. The van der Waals surface area contributed by atoms with Gasteiger partial charge in [-0.3, -0.25) is 4.90 Å². The number of halogens is 5. The highest BCUT2D eigenvalue weighted by Crippen LogP contribution is 2.37. The molecule has 1 atom stereocenters. The van der Waals surface area contributed by atoms with Crippen molar-refractivity contribution >= 4 is 24.8 Å². The van der Waals surface area contributed by atoms with E-state index in [2.05, 4.69) is 21.5 Å². The molecule has 1 N–H and O–H groups in total. The van der Waals surface area contributed by atoms with Crippen LogP contribution in [0.25, 0.3) is 0 Å². The van der Waals surface area contributed by atoms with Crippen molar-refractivity contribution in [3.63, 3.8) is 0 Å². The Morgan fingerprint density at radius 1 is 1.27 bits per heavy atom. The van der Waals surface area contributed by atoms with E-state index in [9.17, 15) is 13.2 Å². The Morgan fingerprint density at radius 2 is 1.88 bits per heavy atom. The number of ether oxygens (including phenoxy) is 2. The molecule has 0 aliphatic carbocycles. The Balaban J connectivity index is 0.00000312. The van der Waals surface area contributed by atoms with Gasteiger partial charge in [-0.05, 0) is 31.5 Å². The number of piperazine rings is 1. The maximum Gasteiger partial charge on any atom is 0.573 e. The van der Waals surface area contributed by atoms with Crippen molar-refractivity contribution in [1.82, 2.24) is 10.2 Å². The topological polar surface area (TPSA) is 33.7 Å². The monoisotopic (exact) mass is 416 g/mol. The van der Waals surface area contributed by atoms with Gasteiger partial charge in [-0.2, -0.15) is 0 Å². The van der Waals surface area contributed by atoms with Crippen LogP contribution in [-0.4, -0.2) is 44.6 Å². The van der Waals surface area contributed by atoms with E-state index in [4.69, 9.17) is 4.74 Å². The Kier molecular flexibility index (Phi) is 10.4. The van der Waals surface area contributed by atoms with Gasteiger partial charge in [-0.15, -0.1) is 44.6 Å². The van der Waals surface area contributed by atoms with Crippen LogP contribution in [0.2, 0.25) is 0 Å². The van der Waals surface area contributed by atoms with E-state index in [1.807, 2.05) is 6.92 Å². The van der Waals surface area contributed by atoms with E-state index < -0.39 is 6.36 Å². The normalized spacial score (nSPS) is 16.0. The molecule has 1 fully saturated rings. The van der Waals surface area contributed by atoms with Crippen LogP contribution < -0.4 is 14.8 Å². The fraction of sp³-hybridized carbons (Fsp3) is 0.529. The summed E-state index contributed by atoms with van der Waals surface area (Å²) in [5, 5.41) is 3.28. The summed E-state index contributed by atoms with van der Waals surface area (Å²) in [6, 6.07) is 4.11.